The summed E-state index contributed by atoms with van der Waals surface area (Å²) in [5.41, 5.74) is 5.59. The van der Waals surface area contributed by atoms with Crippen LogP contribution in [0.2, 0.25) is 0 Å². The van der Waals surface area contributed by atoms with Crippen molar-refractivity contribution in [2.45, 2.75) is 31.7 Å². The average molecular weight is 241 g/mol. The van der Waals surface area contributed by atoms with Crippen molar-refractivity contribution in [2.75, 3.05) is 20.6 Å². The van der Waals surface area contributed by atoms with Gasteiger partial charge in [-0.2, -0.15) is 0 Å². The lowest BCUT2D eigenvalue weighted by molar-refractivity contribution is -0.149. The summed E-state index contributed by atoms with van der Waals surface area (Å²) in [5, 5.41) is 0. The third-order valence-corrected chi connectivity index (χ3v) is 2.82. The summed E-state index contributed by atoms with van der Waals surface area (Å²) in [5.74, 6) is -0.515. The number of carbonyl (C=O) groups is 3. The number of likely N-dealkylation sites (tertiary alicyclic amines) is 1. The lowest BCUT2D eigenvalue weighted by Crippen LogP contribution is -2.51. The second-order valence-corrected chi connectivity index (χ2v) is 4.42. The Kier molecular flexibility index (Phi) is 4.62. The zero-order valence-corrected chi connectivity index (χ0v) is 10.3. The van der Waals surface area contributed by atoms with Crippen LogP contribution in [0.1, 0.15) is 25.7 Å². The highest BCUT2D eigenvalue weighted by Crippen LogP contribution is 2.12. The lowest BCUT2D eigenvalue weighted by Gasteiger charge is -2.28. The lowest BCUT2D eigenvalue weighted by atomic mass is 10.0. The van der Waals surface area contributed by atoms with Gasteiger partial charge >= 0.3 is 0 Å². The third kappa shape index (κ3) is 3.52. The molecule has 0 bridgehead atoms. The first-order chi connectivity index (χ1) is 7.93. The van der Waals surface area contributed by atoms with Gasteiger partial charge in [-0.25, -0.2) is 0 Å². The van der Waals surface area contributed by atoms with Gasteiger partial charge in [0.05, 0.1) is 6.04 Å². The highest BCUT2D eigenvalue weighted by atomic mass is 16.2. The largest absolute Gasteiger partial charge is 0.349 e. The Morgan fingerprint density at radius 2 is 2.12 bits per heavy atom. The first-order valence-electron chi connectivity index (χ1n) is 5.73. The number of hydrogen-bond acceptors (Lipinski definition) is 4. The van der Waals surface area contributed by atoms with Gasteiger partial charge in [0, 0.05) is 33.5 Å². The van der Waals surface area contributed by atoms with Gasteiger partial charge in [0.25, 0.3) is 0 Å². The molecule has 17 heavy (non-hydrogen) atoms. The van der Waals surface area contributed by atoms with Crippen molar-refractivity contribution < 1.29 is 14.4 Å². The molecule has 1 rings (SSSR count). The van der Waals surface area contributed by atoms with E-state index in [0.717, 1.165) is 0 Å². The van der Waals surface area contributed by atoms with E-state index in [-0.39, 0.29) is 24.3 Å². The predicted molar refractivity (Wildman–Crippen MR) is 61.9 cm³/mol. The number of carbonyl (C=O) groups excluding carboxylic acids is 3. The maximum Gasteiger partial charge on any atom is 0.246 e. The molecular weight excluding hydrogens is 222 g/mol. The highest BCUT2D eigenvalue weighted by Gasteiger charge is 2.31. The van der Waals surface area contributed by atoms with Crippen molar-refractivity contribution in [1.29, 1.82) is 0 Å². The molecule has 1 fully saturated rings. The summed E-state index contributed by atoms with van der Waals surface area (Å²) in [4.78, 5) is 37.1. The molecule has 2 N–H and O–H groups in total. The standard InChI is InChI=1S/C11H19N3O3/c1-13(2)9(15)4-3-7-14-10(16)6-5-8(12)11(14)17/h8H,3-7,12H2,1-2H3. The summed E-state index contributed by atoms with van der Waals surface area (Å²) < 4.78 is 0. The number of amides is 3. The van der Waals surface area contributed by atoms with Crippen molar-refractivity contribution in [3.05, 3.63) is 0 Å². The second kappa shape index (κ2) is 5.77. The van der Waals surface area contributed by atoms with Crippen molar-refractivity contribution in [3.8, 4) is 0 Å². The molecule has 0 aromatic rings. The first kappa shape index (κ1) is 13.6. The Morgan fingerprint density at radius 1 is 1.47 bits per heavy atom. The van der Waals surface area contributed by atoms with Gasteiger partial charge in [-0.15, -0.1) is 0 Å². The highest BCUT2D eigenvalue weighted by molar-refractivity contribution is 6.00. The van der Waals surface area contributed by atoms with Crippen LogP contribution in [0.3, 0.4) is 0 Å². The van der Waals surface area contributed by atoms with Crippen LogP contribution >= 0.6 is 0 Å². The van der Waals surface area contributed by atoms with Crippen LogP contribution in [0.5, 0.6) is 0 Å². The smallest absolute Gasteiger partial charge is 0.246 e. The first-order valence-corrected chi connectivity index (χ1v) is 5.73. The van der Waals surface area contributed by atoms with Crippen LogP contribution in [-0.2, 0) is 14.4 Å². The summed E-state index contributed by atoms with van der Waals surface area (Å²) in [6.07, 6.45) is 1.56. The fourth-order valence-electron chi connectivity index (χ4n) is 1.71. The number of hydrogen-bond donors (Lipinski definition) is 1. The van der Waals surface area contributed by atoms with Gasteiger partial charge < -0.3 is 10.6 Å². The molecular formula is C11H19N3O3. The number of nitrogens with zero attached hydrogens (tertiary/aromatic N) is 2. The molecule has 0 radical (unpaired) electrons. The van der Waals surface area contributed by atoms with E-state index in [1.165, 1.54) is 9.80 Å². The van der Waals surface area contributed by atoms with E-state index in [9.17, 15) is 14.4 Å². The summed E-state index contributed by atoms with van der Waals surface area (Å²) >= 11 is 0. The third-order valence-electron chi connectivity index (χ3n) is 2.82. The van der Waals surface area contributed by atoms with Crippen LogP contribution in [0.25, 0.3) is 0 Å². The Morgan fingerprint density at radius 3 is 2.71 bits per heavy atom. The minimum atomic E-state index is -0.572. The average Bonchev–Trinajstić information content (AvgIpc) is 2.28. The van der Waals surface area contributed by atoms with E-state index in [1.807, 2.05) is 0 Å². The molecule has 6 nitrogen and oxygen atoms in total. The molecule has 0 aliphatic carbocycles. The van der Waals surface area contributed by atoms with Crippen LogP contribution in [-0.4, -0.2) is 54.2 Å². The molecule has 1 aliphatic heterocycles. The summed E-state index contributed by atoms with van der Waals surface area (Å²) in [6, 6.07) is -0.572. The van der Waals surface area contributed by atoms with Crippen molar-refractivity contribution in [3.63, 3.8) is 0 Å². The molecule has 3 amide bonds. The van der Waals surface area contributed by atoms with Gasteiger partial charge in [0.2, 0.25) is 17.7 Å². The fourth-order valence-corrected chi connectivity index (χ4v) is 1.71. The van der Waals surface area contributed by atoms with Gasteiger partial charge in [0.15, 0.2) is 0 Å². The minimum absolute atomic E-state index is 0.00814. The Bertz CT molecular complexity index is 328. The number of piperidine rings is 1. The second-order valence-electron chi connectivity index (χ2n) is 4.42. The molecule has 1 aliphatic rings. The zero-order valence-electron chi connectivity index (χ0n) is 10.3. The van der Waals surface area contributed by atoms with E-state index in [1.54, 1.807) is 14.1 Å². The molecule has 0 aromatic heterocycles. The topological polar surface area (TPSA) is 83.7 Å². The number of imide groups is 1. The van der Waals surface area contributed by atoms with E-state index < -0.39 is 6.04 Å². The van der Waals surface area contributed by atoms with Crippen LogP contribution in [0.15, 0.2) is 0 Å². The Hall–Kier alpha value is -1.43. The van der Waals surface area contributed by atoms with E-state index in [4.69, 9.17) is 5.73 Å². The monoisotopic (exact) mass is 241 g/mol. The molecule has 96 valence electrons. The normalized spacial score (nSPS) is 20.6. The van der Waals surface area contributed by atoms with Crippen LogP contribution < -0.4 is 5.73 Å². The molecule has 0 spiro atoms. The van der Waals surface area contributed by atoms with Crippen LogP contribution in [0, 0.1) is 0 Å². The predicted octanol–water partition coefficient (Wildman–Crippen LogP) is -0.669. The fraction of sp³-hybridized carbons (Fsp3) is 0.727. The molecule has 0 saturated carbocycles. The quantitative estimate of drug-likeness (QED) is 0.662. The molecule has 1 unspecified atom stereocenters. The molecule has 1 atom stereocenters. The molecule has 1 heterocycles. The molecule has 0 aromatic carbocycles. The van der Waals surface area contributed by atoms with Crippen molar-refractivity contribution in [2.24, 2.45) is 5.73 Å². The van der Waals surface area contributed by atoms with Crippen LogP contribution in [0.4, 0.5) is 0 Å². The van der Waals surface area contributed by atoms with Crippen molar-refractivity contribution in [1.82, 2.24) is 9.80 Å². The van der Waals surface area contributed by atoms with E-state index in [0.29, 0.717) is 25.7 Å². The Labute approximate surface area is 101 Å². The van der Waals surface area contributed by atoms with E-state index >= 15 is 0 Å². The summed E-state index contributed by atoms with van der Waals surface area (Å²) in [7, 11) is 3.35. The SMILES string of the molecule is CN(C)C(=O)CCCN1C(=O)CCC(N)C1=O. The van der Waals surface area contributed by atoms with Gasteiger partial charge in [-0.3, -0.25) is 19.3 Å². The Balaban J connectivity index is 2.42. The van der Waals surface area contributed by atoms with Gasteiger partial charge in [0.1, 0.15) is 0 Å². The molecule has 1 saturated heterocycles. The van der Waals surface area contributed by atoms with Gasteiger partial charge in [-0.1, -0.05) is 0 Å². The maximum atomic E-state index is 11.6. The maximum absolute atomic E-state index is 11.6. The number of rotatable bonds is 4. The molecule has 6 heteroatoms. The van der Waals surface area contributed by atoms with Gasteiger partial charge in [-0.05, 0) is 12.8 Å². The van der Waals surface area contributed by atoms with Crippen molar-refractivity contribution >= 4 is 17.7 Å². The minimum Gasteiger partial charge on any atom is -0.349 e. The zero-order chi connectivity index (χ0) is 13.0. The van der Waals surface area contributed by atoms with E-state index in [2.05, 4.69) is 0 Å². The number of nitrogens with two attached hydrogens (primary N) is 1. The summed E-state index contributed by atoms with van der Waals surface area (Å²) in [6.45, 7) is 0.283.